The van der Waals surface area contributed by atoms with Gasteiger partial charge >= 0.3 is 5.97 Å². The highest BCUT2D eigenvalue weighted by molar-refractivity contribution is 6.25. The minimum Gasteiger partial charge on any atom is -0.508 e. The average Bonchev–Trinajstić information content (AvgIpc) is 2.90. The van der Waals surface area contributed by atoms with Crippen LogP contribution in [0.2, 0.25) is 0 Å². The monoisotopic (exact) mass is 562 g/mol. The lowest BCUT2D eigenvalue weighted by molar-refractivity contribution is -0.166. The van der Waals surface area contributed by atoms with E-state index < -0.39 is 81.4 Å². The van der Waals surface area contributed by atoms with E-state index in [1.165, 1.54) is 67.5 Å². The number of carboxylic acids is 1. The quantitative estimate of drug-likeness (QED) is 0.256. The molecule has 0 radical (unpaired) electrons. The minimum atomic E-state index is -3.04. The highest BCUT2D eigenvalue weighted by Crippen LogP contribution is 2.56. The Morgan fingerprint density at radius 1 is 1.02 bits per heavy atom. The Bertz CT molecular complexity index is 1640. The number of carboxylic acid groups (broad SMARTS) is 1. The Morgan fingerprint density at radius 2 is 1.66 bits per heavy atom. The molecule has 41 heavy (non-hydrogen) atoms. The second kappa shape index (κ2) is 9.41. The molecule has 0 bridgehead atoms. The number of rotatable bonds is 4. The number of phenolic OH excluding ortho intramolecular Hbond substituents is 1. The molecule has 1 amide bonds. The number of benzene rings is 2. The van der Waals surface area contributed by atoms with Crippen molar-refractivity contribution >= 4 is 40.9 Å². The molecule has 3 aliphatic carbocycles. The number of amides is 1. The molecule has 0 saturated heterocycles. The number of aromatic hydroxyl groups is 1. The second-order valence-corrected chi connectivity index (χ2v) is 10.4. The van der Waals surface area contributed by atoms with Gasteiger partial charge in [0.1, 0.15) is 22.8 Å². The summed E-state index contributed by atoms with van der Waals surface area (Å²) < 4.78 is 0. The van der Waals surface area contributed by atoms with E-state index in [-0.39, 0.29) is 22.3 Å². The van der Waals surface area contributed by atoms with Gasteiger partial charge in [0, 0.05) is 5.92 Å². The summed E-state index contributed by atoms with van der Waals surface area (Å²) in [6.07, 6.45) is -0.301. The van der Waals surface area contributed by atoms with Gasteiger partial charge in [0.25, 0.3) is 5.91 Å². The zero-order valence-corrected chi connectivity index (χ0v) is 21.8. The Labute approximate surface area is 232 Å². The molecule has 8 N–H and O–H groups in total. The Kier molecular flexibility index (Phi) is 6.37. The van der Waals surface area contributed by atoms with Gasteiger partial charge in [-0.3, -0.25) is 19.3 Å². The number of fused-ring (bicyclic) bond motifs is 3. The number of hydrogen-bond acceptors (Lipinski definition) is 10. The zero-order valence-electron chi connectivity index (χ0n) is 21.8. The van der Waals surface area contributed by atoms with Crippen molar-refractivity contribution in [1.29, 1.82) is 0 Å². The highest BCUT2D eigenvalue weighted by atomic mass is 16.4. The number of nitrogens with zero attached hydrogens (tertiary/aromatic N) is 1. The zero-order chi connectivity index (χ0) is 30.1. The van der Waals surface area contributed by atoms with Crippen LogP contribution in [0.5, 0.6) is 5.75 Å². The summed E-state index contributed by atoms with van der Waals surface area (Å²) >= 11 is 0. The van der Waals surface area contributed by atoms with Crippen LogP contribution in [0.15, 0.2) is 59.4 Å². The Hall–Kier alpha value is -4.78. The van der Waals surface area contributed by atoms with Crippen LogP contribution in [0.4, 0.5) is 0 Å². The summed E-state index contributed by atoms with van der Waals surface area (Å²) in [6.45, 7) is 0. The van der Waals surface area contributed by atoms with Gasteiger partial charge in [0.05, 0.1) is 34.8 Å². The predicted molar refractivity (Wildman–Crippen MR) is 143 cm³/mol. The number of hydrogen-bond donors (Lipinski definition) is 7. The van der Waals surface area contributed by atoms with Crippen molar-refractivity contribution in [3.8, 4) is 5.75 Å². The Morgan fingerprint density at radius 3 is 2.22 bits per heavy atom. The normalized spacial score (nSPS) is 28.5. The maximum atomic E-state index is 14.1. The second-order valence-electron chi connectivity index (χ2n) is 10.4. The smallest absolute Gasteiger partial charge is 0.335 e. The van der Waals surface area contributed by atoms with Gasteiger partial charge < -0.3 is 36.4 Å². The SMILES string of the molecule is CN(C)[C@@H]1C(=O)C(C(N)=O)=C(O)[C@@]2(O)C(=O)C3=C(O)c4c(O)cccc4/C(=C\c4ccc(C(=O)O)cc4)[C@H]3[C@H](O)[C@@H]12. The molecule has 2 aromatic carbocycles. The van der Waals surface area contributed by atoms with Gasteiger partial charge in [0.15, 0.2) is 11.4 Å². The van der Waals surface area contributed by atoms with Crippen LogP contribution in [0.25, 0.3) is 17.4 Å². The number of carbonyl (C=O) groups excluding carboxylic acids is 3. The number of Topliss-reactive ketones (excluding diaryl/α,β-unsaturated/α-hetero) is 2. The van der Waals surface area contributed by atoms with Crippen LogP contribution < -0.4 is 5.73 Å². The van der Waals surface area contributed by atoms with E-state index >= 15 is 0 Å². The first kappa shape index (κ1) is 27.8. The number of aromatic carboxylic acids is 1. The number of aliphatic hydroxyl groups excluding tert-OH is 3. The molecule has 0 aromatic heterocycles. The maximum absolute atomic E-state index is 14.1. The lowest BCUT2D eigenvalue weighted by atomic mass is 9.55. The fraction of sp³-hybridized carbons (Fsp3) is 0.241. The molecule has 3 aliphatic rings. The first-order valence-electron chi connectivity index (χ1n) is 12.4. The van der Waals surface area contributed by atoms with Crippen LogP contribution in [0.3, 0.4) is 0 Å². The van der Waals surface area contributed by atoms with E-state index in [2.05, 4.69) is 0 Å². The molecule has 2 aromatic rings. The summed E-state index contributed by atoms with van der Waals surface area (Å²) in [6, 6.07) is 8.38. The van der Waals surface area contributed by atoms with Gasteiger partial charge in [0.2, 0.25) is 5.78 Å². The average molecular weight is 563 g/mol. The van der Waals surface area contributed by atoms with Crippen LogP contribution in [0, 0.1) is 11.8 Å². The van der Waals surface area contributed by atoms with E-state index in [1.54, 1.807) is 0 Å². The standard InChI is InChI=1S/C29H26N2O10/c1-31(2)21-20-23(34)17-14(10-11-6-8-12(9-7-11)28(39)40)13-4-3-5-15(32)16(13)22(33)18(17)25(36)29(20,41)26(37)19(24(21)35)27(30)38/h3-10,17,20-21,23,32-34,37,41H,1-2H3,(H2,30,38)(H,39,40)/b14-10+/t17-,20-,21+,23+,29+/m1/s1. The first-order valence-corrected chi connectivity index (χ1v) is 12.4. The number of aliphatic hydroxyl groups is 4. The number of primary amides is 1. The van der Waals surface area contributed by atoms with Crippen molar-refractivity contribution in [3.05, 3.63) is 81.6 Å². The lowest BCUT2D eigenvalue weighted by Gasteiger charge is -2.53. The molecule has 0 heterocycles. The molecule has 212 valence electrons. The van der Waals surface area contributed by atoms with Gasteiger partial charge in [-0.05, 0) is 49.0 Å². The molecule has 5 atom stereocenters. The topological polar surface area (TPSA) is 219 Å². The molecular weight excluding hydrogens is 536 g/mol. The van der Waals surface area contributed by atoms with Crippen molar-refractivity contribution in [2.45, 2.75) is 17.7 Å². The van der Waals surface area contributed by atoms with Crippen molar-refractivity contribution in [2.24, 2.45) is 17.6 Å². The molecule has 0 unspecified atom stereocenters. The molecule has 1 saturated carbocycles. The third kappa shape index (κ3) is 3.79. The van der Waals surface area contributed by atoms with Crippen molar-refractivity contribution in [3.63, 3.8) is 0 Å². The molecule has 12 heteroatoms. The van der Waals surface area contributed by atoms with Crippen molar-refractivity contribution in [1.82, 2.24) is 4.90 Å². The van der Waals surface area contributed by atoms with E-state index in [0.29, 0.717) is 5.56 Å². The van der Waals surface area contributed by atoms with Crippen LogP contribution in [-0.4, -0.2) is 90.8 Å². The van der Waals surface area contributed by atoms with Gasteiger partial charge in [-0.25, -0.2) is 4.79 Å². The highest BCUT2D eigenvalue weighted by Gasteiger charge is 2.68. The predicted octanol–water partition coefficient (Wildman–Crippen LogP) is 0.631. The van der Waals surface area contributed by atoms with Gasteiger partial charge in [-0.2, -0.15) is 0 Å². The molecule has 5 rings (SSSR count). The summed E-state index contributed by atoms with van der Waals surface area (Å²) in [4.78, 5) is 52.2. The van der Waals surface area contributed by atoms with Crippen LogP contribution >= 0.6 is 0 Å². The molecular formula is C29H26N2O10. The van der Waals surface area contributed by atoms with Crippen LogP contribution in [0.1, 0.15) is 27.0 Å². The lowest BCUT2D eigenvalue weighted by Crippen LogP contribution is -2.70. The third-order valence-electron chi connectivity index (χ3n) is 8.01. The number of phenols is 1. The fourth-order valence-corrected chi connectivity index (χ4v) is 6.21. The van der Waals surface area contributed by atoms with Gasteiger partial charge in [-0.1, -0.05) is 30.3 Å². The van der Waals surface area contributed by atoms with E-state index in [9.17, 15) is 49.8 Å². The van der Waals surface area contributed by atoms with E-state index in [4.69, 9.17) is 5.73 Å². The number of ketones is 2. The number of carbonyl (C=O) groups is 4. The van der Waals surface area contributed by atoms with Crippen LogP contribution in [-0.2, 0) is 14.4 Å². The van der Waals surface area contributed by atoms with E-state index in [1.807, 2.05) is 0 Å². The molecule has 1 fully saturated rings. The summed E-state index contributed by atoms with van der Waals surface area (Å²) in [5.41, 5.74) is 1.38. The minimum absolute atomic E-state index is 0.00655. The van der Waals surface area contributed by atoms with Crippen molar-refractivity contribution in [2.75, 3.05) is 14.1 Å². The molecule has 12 nitrogen and oxygen atoms in total. The maximum Gasteiger partial charge on any atom is 0.335 e. The van der Waals surface area contributed by atoms with Crippen molar-refractivity contribution < 1.29 is 49.8 Å². The van der Waals surface area contributed by atoms with E-state index in [0.717, 1.165) is 0 Å². The summed E-state index contributed by atoms with van der Waals surface area (Å²) in [7, 11) is 2.83. The fourth-order valence-electron chi connectivity index (χ4n) is 6.21. The number of nitrogens with two attached hydrogens (primary N) is 1. The first-order chi connectivity index (χ1) is 19.2. The number of likely N-dealkylation sites (N-methyl/N-ethyl adjacent to an activating group) is 1. The Balaban J connectivity index is 1.83. The summed E-state index contributed by atoms with van der Waals surface area (Å²) in [5.74, 6) is -10.5. The largest absolute Gasteiger partial charge is 0.508 e. The molecule has 0 spiro atoms. The third-order valence-corrected chi connectivity index (χ3v) is 8.01. The summed E-state index contributed by atoms with van der Waals surface area (Å²) in [5, 5.41) is 65.9. The van der Waals surface area contributed by atoms with Gasteiger partial charge in [-0.15, -0.1) is 0 Å². The molecule has 0 aliphatic heterocycles.